The molecule has 1 heterocycles. The molecule has 4 rings (SSSR count). The molecule has 2 nitrogen and oxygen atoms in total. The lowest BCUT2D eigenvalue weighted by Gasteiger charge is -2.30. The van der Waals surface area contributed by atoms with Gasteiger partial charge in [-0.15, -0.1) is 0 Å². The van der Waals surface area contributed by atoms with Crippen molar-refractivity contribution in [3.8, 4) is 0 Å². The maximum Gasteiger partial charge on any atom is 0.127 e. The molecule has 1 saturated heterocycles. The first-order valence-electron chi connectivity index (χ1n) is 10.0. The normalized spacial score (nSPS) is 20.3. The lowest BCUT2D eigenvalue weighted by atomic mass is 10.0. The highest BCUT2D eigenvalue weighted by atomic mass is 15.3. The maximum atomic E-state index is 2.32. The summed E-state index contributed by atoms with van der Waals surface area (Å²) in [6.45, 7) is 9.63. The first-order valence-corrected chi connectivity index (χ1v) is 10.0. The number of aryl methyl sites for hydroxylation is 1. The van der Waals surface area contributed by atoms with Crippen molar-refractivity contribution in [1.29, 1.82) is 0 Å². The van der Waals surface area contributed by atoms with Crippen LogP contribution < -0.4 is 9.80 Å². The molecule has 1 aliphatic heterocycles. The van der Waals surface area contributed by atoms with Gasteiger partial charge in [-0.1, -0.05) is 73.7 Å². The molecule has 0 bridgehead atoms. The molecule has 0 spiro atoms. The van der Waals surface area contributed by atoms with E-state index in [4.69, 9.17) is 0 Å². The smallest absolute Gasteiger partial charge is 0.127 e. The zero-order valence-electron chi connectivity index (χ0n) is 15.8. The van der Waals surface area contributed by atoms with Gasteiger partial charge in [0, 0.05) is 11.1 Å². The van der Waals surface area contributed by atoms with Gasteiger partial charge in [0.25, 0.3) is 0 Å². The fraction of sp³-hybridized carbons (Fsp3) is 0.333. The van der Waals surface area contributed by atoms with Crippen molar-refractivity contribution in [2.45, 2.75) is 26.4 Å². The third-order valence-electron chi connectivity index (χ3n) is 5.87. The van der Waals surface area contributed by atoms with Gasteiger partial charge in [-0.05, 0) is 22.8 Å². The molecule has 1 fully saturated rings. The Labute approximate surface area is 157 Å². The number of benzene rings is 3. The predicted molar refractivity (Wildman–Crippen MR) is 109 cm³/mol. The van der Waals surface area contributed by atoms with Crippen LogP contribution >= 0.6 is 0 Å². The molecule has 0 radical (unpaired) electrons. The van der Waals surface area contributed by atoms with Crippen molar-refractivity contribution in [2.75, 3.05) is 26.2 Å². The Kier molecular flexibility index (Phi) is 5.33. The third kappa shape index (κ3) is 3.98. The second-order valence-electron chi connectivity index (χ2n) is 7.66. The van der Waals surface area contributed by atoms with E-state index >= 15 is 0 Å². The van der Waals surface area contributed by atoms with E-state index in [-0.39, 0.29) is 0 Å². The average molecular weight is 347 g/mol. The fourth-order valence-corrected chi connectivity index (χ4v) is 4.21. The largest absolute Gasteiger partial charge is 0.322 e. The highest BCUT2D eigenvalue weighted by molar-refractivity contribution is 5.85. The SMILES string of the molecule is CCc1ccc(C[NH+]2CC[NH+](Cc3cccc4ccccc34)CC2)cc1. The summed E-state index contributed by atoms with van der Waals surface area (Å²) in [5, 5.41) is 2.79. The molecular formula is C24H30N2+2. The summed E-state index contributed by atoms with van der Waals surface area (Å²) >= 11 is 0. The van der Waals surface area contributed by atoms with E-state index in [1.807, 2.05) is 0 Å². The lowest BCUT2D eigenvalue weighted by molar-refractivity contribution is -1.02. The molecule has 0 unspecified atom stereocenters. The van der Waals surface area contributed by atoms with E-state index in [1.165, 1.54) is 60.2 Å². The molecule has 134 valence electrons. The second kappa shape index (κ2) is 8.03. The van der Waals surface area contributed by atoms with Crippen molar-refractivity contribution >= 4 is 10.8 Å². The van der Waals surface area contributed by atoms with E-state index < -0.39 is 0 Å². The fourth-order valence-electron chi connectivity index (χ4n) is 4.21. The molecule has 3 aromatic carbocycles. The highest BCUT2D eigenvalue weighted by Gasteiger charge is 2.23. The van der Waals surface area contributed by atoms with E-state index in [0.717, 1.165) is 13.0 Å². The number of quaternary nitrogens is 2. The Hall–Kier alpha value is -2.16. The monoisotopic (exact) mass is 346 g/mol. The number of rotatable bonds is 5. The molecule has 0 amide bonds. The van der Waals surface area contributed by atoms with Crippen LogP contribution in [0.5, 0.6) is 0 Å². The van der Waals surface area contributed by atoms with Crippen LogP contribution in [0.1, 0.15) is 23.6 Å². The van der Waals surface area contributed by atoms with Crippen molar-refractivity contribution in [2.24, 2.45) is 0 Å². The van der Waals surface area contributed by atoms with Gasteiger partial charge >= 0.3 is 0 Å². The van der Waals surface area contributed by atoms with Crippen LogP contribution in [-0.4, -0.2) is 26.2 Å². The number of piperazine rings is 1. The molecule has 26 heavy (non-hydrogen) atoms. The van der Waals surface area contributed by atoms with Gasteiger partial charge < -0.3 is 9.80 Å². The van der Waals surface area contributed by atoms with E-state index in [2.05, 4.69) is 73.7 Å². The van der Waals surface area contributed by atoms with Crippen LogP contribution in [-0.2, 0) is 19.5 Å². The molecule has 1 aliphatic rings. The summed E-state index contributed by atoms with van der Waals surface area (Å²) in [6.07, 6.45) is 1.13. The van der Waals surface area contributed by atoms with Gasteiger partial charge in [0.05, 0.1) is 0 Å². The first kappa shape index (κ1) is 17.3. The average Bonchev–Trinajstić information content (AvgIpc) is 2.70. The van der Waals surface area contributed by atoms with E-state index in [0.29, 0.717) is 0 Å². The topological polar surface area (TPSA) is 8.88 Å². The van der Waals surface area contributed by atoms with Gasteiger partial charge in [0.15, 0.2) is 0 Å². The molecule has 0 aliphatic carbocycles. The molecule has 0 atom stereocenters. The summed E-state index contributed by atoms with van der Waals surface area (Å²) in [5.74, 6) is 0. The summed E-state index contributed by atoms with van der Waals surface area (Å²) in [6, 6.07) is 24.7. The number of fused-ring (bicyclic) bond motifs is 1. The molecular weight excluding hydrogens is 316 g/mol. The summed E-state index contributed by atoms with van der Waals surface area (Å²) in [4.78, 5) is 3.46. The summed E-state index contributed by atoms with van der Waals surface area (Å²) in [5.41, 5.74) is 4.42. The Morgan fingerprint density at radius 1 is 0.654 bits per heavy atom. The minimum absolute atomic E-state index is 1.13. The Bertz CT molecular complexity index is 840. The van der Waals surface area contributed by atoms with Crippen LogP contribution in [0.2, 0.25) is 0 Å². The van der Waals surface area contributed by atoms with Crippen LogP contribution in [0.15, 0.2) is 66.7 Å². The van der Waals surface area contributed by atoms with Gasteiger partial charge in [0.1, 0.15) is 39.3 Å². The number of hydrogen-bond acceptors (Lipinski definition) is 0. The first-order chi connectivity index (χ1) is 12.8. The third-order valence-corrected chi connectivity index (χ3v) is 5.87. The maximum absolute atomic E-state index is 2.32. The Morgan fingerprint density at radius 2 is 1.27 bits per heavy atom. The molecule has 0 aromatic heterocycles. The predicted octanol–water partition coefficient (Wildman–Crippen LogP) is 1.89. The highest BCUT2D eigenvalue weighted by Crippen LogP contribution is 2.17. The minimum Gasteiger partial charge on any atom is -0.322 e. The Balaban J connectivity index is 1.34. The van der Waals surface area contributed by atoms with Crippen LogP contribution in [0.4, 0.5) is 0 Å². The van der Waals surface area contributed by atoms with Gasteiger partial charge in [-0.3, -0.25) is 0 Å². The zero-order valence-corrected chi connectivity index (χ0v) is 15.8. The van der Waals surface area contributed by atoms with Gasteiger partial charge in [-0.25, -0.2) is 0 Å². The molecule has 0 saturated carbocycles. The number of nitrogens with one attached hydrogen (secondary N) is 2. The van der Waals surface area contributed by atoms with Crippen LogP contribution in [0.25, 0.3) is 10.8 Å². The van der Waals surface area contributed by atoms with Crippen molar-refractivity contribution < 1.29 is 9.80 Å². The van der Waals surface area contributed by atoms with E-state index in [1.54, 1.807) is 9.80 Å². The molecule has 2 heteroatoms. The van der Waals surface area contributed by atoms with Crippen molar-refractivity contribution in [3.63, 3.8) is 0 Å². The summed E-state index contributed by atoms with van der Waals surface area (Å²) in [7, 11) is 0. The van der Waals surface area contributed by atoms with Crippen LogP contribution in [0.3, 0.4) is 0 Å². The van der Waals surface area contributed by atoms with Crippen LogP contribution in [0, 0.1) is 0 Å². The molecule has 2 N–H and O–H groups in total. The van der Waals surface area contributed by atoms with Gasteiger partial charge in [0.2, 0.25) is 0 Å². The van der Waals surface area contributed by atoms with Crippen molar-refractivity contribution in [3.05, 3.63) is 83.4 Å². The second-order valence-corrected chi connectivity index (χ2v) is 7.66. The molecule has 3 aromatic rings. The summed E-state index contributed by atoms with van der Waals surface area (Å²) < 4.78 is 0. The lowest BCUT2D eigenvalue weighted by Crippen LogP contribution is -3.27. The number of hydrogen-bond donors (Lipinski definition) is 2. The van der Waals surface area contributed by atoms with Gasteiger partial charge in [-0.2, -0.15) is 0 Å². The zero-order chi connectivity index (χ0) is 17.8. The quantitative estimate of drug-likeness (QED) is 0.698. The van der Waals surface area contributed by atoms with Crippen molar-refractivity contribution in [1.82, 2.24) is 0 Å². The standard InChI is InChI=1S/C24H28N2/c1-2-20-10-12-21(13-11-20)18-25-14-16-26(17-15-25)19-23-8-5-7-22-6-3-4-9-24(22)23/h3-13H,2,14-19H2,1H3/p+2. The van der Waals surface area contributed by atoms with E-state index in [9.17, 15) is 0 Å². The minimum atomic E-state index is 1.13. The Morgan fingerprint density at radius 3 is 2.00 bits per heavy atom.